The summed E-state index contributed by atoms with van der Waals surface area (Å²) in [4.78, 5) is 0. The van der Waals surface area contributed by atoms with E-state index in [0.717, 1.165) is 6.42 Å². The lowest BCUT2D eigenvalue weighted by atomic mass is 9.92. The van der Waals surface area contributed by atoms with Gasteiger partial charge in [-0.1, -0.05) is 46.5 Å². The van der Waals surface area contributed by atoms with Gasteiger partial charge in [-0.3, -0.25) is 0 Å². The fraction of sp³-hybridized carbons (Fsp3) is 1.00. The van der Waals surface area contributed by atoms with Crippen molar-refractivity contribution in [2.45, 2.75) is 65.5 Å². The molecule has 2 N–H and O–H groups in total. The molecule has 1 nitrogen and oxygen atoms in total. The molecule has 0 amide bonds. The van der Waals surface area contributed by atoms with Gasteiger partial charge >= 0.3 is 0 Å². The third-order valence-corrected chi connectivity index (χ3v) is 2.43. The van der Waals surface area contributed by atoms with Crippen LogP contribution in [0.15, 0.2) is 0 Å². The van der Waals surface area contributed by atoms with Crippen molar-refractivity contribution in [3.05, 3.63) is 0 Å². The highest BCUT2D eigenvalue weighted by molar-refractivity contribution is 4.63. The van der Waals surface area contributed by atoms with E-state index in [0.29, 0.717) is 12.3 Å². The molecule has 0 spiro atoms. The molecule has 0 aliphatic rings. The van der Waals surface area contributed by atoms with Gasteiger partial charge in [-0.15, -0.1) is 0 Å². The summed E-state index contributed by atoms with van der Waals surface area (Å²) in [5.74, 6) is 0.634. The first kappa shape index (κ1) is 16.3. The fourth-order valence-corrected chi connectivity index (χ4v) is 1.72. The van der Waals surface area contributed by atoms with E-state index in [-0.39, 0.29) is 0 Å². The average molecular weight is 205 g/mol. The van der Waals surface area contributed by atoms with Gasteiger partial charge < -0.3 is 5.73 Å². The van der Waals surface area contributed by atoms with E-state index in [4.69, 9.17) is 0 Å². The smallest absolute Gasteiger partial charge is 0.100 e. The van der Waals surface area contributed by atoms with E-state index in [1.807, 2.05) is 6.92 Å². The van der Waals surface area contributed by atoms with Crippen LogP contribution >= 0.6 is 0 Å². The van der Waals surface area contributed by atoms with Gasteiger partial charge in [-0.2, -0.15) is 0 Å². The molecule has 0 rings (SSSR count). The van der Waals surface area contributed by atoms with Crippen molar-refractivity contribution < 1.29 is 4.39 Å². The molecular formula is C12H28FN. The molecule has 0 aromatic rings. The van der Waals surface area contributed by atoms with Crippen LogP contribution in [0, 0.1) is 5.92 Å². The first-order valence-electron chi connectivity index (χ1n) is 5.96. The van der Waals surface area contributed by atoms with Crippen molar-refractivity contribution >= 4 is 0 Å². The number of halogens is 1. The zero-order valence-electron chi connectivity index (χ0n) is 10.4. The SMILES string of the molecule is CCCC(CCC)CC(F)CC.CN. The second-order valence-electron chi connectivity index (χ2n) is 3.68. The maximum Gasteiger partial charge on any atom is 0.100 e. The van der Waals surface area contributed by atoms with E-state index < -0.39 is 6.17 Å². The number of nitrogens with two attached hydrogens (primary N) is 1. The quantitative estimate of drug-likeness (QED) is 0.670. The third-order valence-electron chi connectivity index (χ3n) is 2.43. The maximum absolute atomic E-state index is 13.0. The Hall–Kier alpha value is -0.110. The highest BCUT2D eigenvalue weighted by Gasteiger charge is 2.12. The first-order chi connectivity index (χ1) is 6.74. The summed E-state index contributed by atoms with van der Waals surface area (Å²) in [7, 11) is 1.50. The van der Waals surface area contributed by atoms with Gasteiger partial charge in [0.25, 0.3) is 0 Å². The van der Waals surface area contributed by atoms with Crippen molar-refractivity contribution in [2.24, 2.45) is 11.7 Å². The van der Waals surface area contributed by atoms with E-state index in [1.165, 1.54) is 32.7 Å². The summed E-state index contributed by atoms with van der Waals surface area (Å²) in [5.41, 5.74) is 4.50. The molecule has 0 bridgehead atoms. The maximum atomic E-state index is 13.0. The normalized spacial score (nSPS) is 12.2. The van der Waals surface area contributed by atoms with E-state index >= 15 is 0 Å². The Bertz CT molecular complexity index is 90.3. The zero-order valence-corrected chi connectivity index (χ0v) is 10.4. The van der Waals surface area contributed by atoms with Crippen LogP contribution in [0.25, 0.3) is 0 Å². The number of hydrogen-bond donors (Lipinski definition) is 1. The van der Waals surface area contributed by atoms with Gasteiger partial charge in [-0.25, -0.2) is 4.39 Å². The van der Waals surface area contributed by atoms with Crippen molar-refractivity contribution in [3.63, 3.8) is 0 Å². The molecule has 0 saturated carbocycles. The summed E-state index contributed by atoms with van der Waals surface area (Å²) < 4.78 is 13.0. The van der Waals surface area contributed by atoms with Crippen LogP contribution in [0.1, 0.15) is 59.3 Å². The predicted octanol–water partition coefficient (Wildman–Crippen LogP) is 3.92. The van der Waals surface area contributed by atoms with Crippen LogP contribution < -0.4 is 5.73 Å². The summed E-state index contributed by atoms with van der Waals surface area (Å²) in [6.45, 7) is 6.29. The summed E-state index contributed by atoms with van der Waals surface area (Å²) in [6, 6.07) is 0. The Balaban J connectivity index is 0. The Kier molecular flexibility index (Phi) is 15.0. The first-order valence-corrected chi connectivity index (χ1v) is 5.96. The molecule has 0 saturated heterocycles. The molecule has 1 unspecified atom stereocenters. The predicted molar refractivity (Wildman–Crippen MR) is 63.2 cm³/mol. The van der Waals surface area contributed by atoms with Gasteiger partial charge in [0, 0.05) is 0 Å². The largest absolute Gasteiger partial charge is 0.333 e. The van der Waals surface area contributed by atoms with Gasteiger partial charge in [0.2, 0.25) is 0 Å². The third kappa shape index (κ3) is 9.97. The minimum Gasteiger partial charge on any atom is -0.333 e. The highest BCUT2D eigenvalue weighted by atomic mass is 19.1. The summed E-state index contributed by atoms with van der Waals surface area (Å²) in [6.07, 6.45) is 5.71. The Morgan fingerprint density at radius 2 is 1.43 bits per heavy atom. The summed E-state index contributed by atoms with van der Waals surface area (Å²) in [5, 5.41) is 0. The Morgan fingerprint density at radius 1 is 1.00 bits per heavy atom. The number of rotatable bonds is 7. The topological polar surface area (TPSA) is 26.0 Å². The zero-order chi connectivity index (χ0) is 11.4. The molecule has 0 fully saturated rings. The number of hydrogen-bond acceptors (Lipinski definition) is 1. The fourth-order valence-electron chi connectivity index (χ4n) is 1.72. The molecular weight excluding hydrogens is 177 g/mol. The molecule has 2 heteroatoms. The standard InChI is InChI=1S/C11H23F.CH5N/c1-4-7-10(8-5-2)9-11(12)6-3;1-2/h10-11H,4-9H2,1-3H3;2H2,1H3. The van der Waals surface area contributed by atoms with Gasteiger partial charge in [0.15, 0.2) is 0 Å². The molecule has 0 aliphatic heterocycles. The van der Waals surface area contributed by atoms with Gasteiger partial charge in [0.1, 0.15) is 6.17 Å². The van der Waals surface area contributed by atoms with Crippen molar-refractivity contribution in [2.75, 3.05) is 7.05 Å². The molecule has 0 aliphatic carbocycles. The second-order valence-corrected chi connectivity index (χ2v) is 3.68. The summed E-state index contributed by atoms with van der Waals surface area (Å²) >= 11 is 0. The van der Waals surface area contributed by atoms with Crippen LogP contribution in [0.4, 0.5) is 4.39 Å². The molecule has 0 aromatic heterocycles. The lowest BCUT2D eigenvalue weighted by Crippen LogP contribution is -2.08. The van der Waals surface area contributed by atoms with Crippen LogP contribution in [0.3, 0.4) is 0 Å². The molecule has 0 radical (unpaired) electrons. The minimum absolute atomic E-state index is 0.562. The van der Waals surface area contributed by atoms with Gasteiger partial charge in [-0.05, 0) is 25.8 Å². The lowest BCUT2D eigenvalue weighted by molar-refractivity contribution is 0.244. The molecule has 88 valence electrons. The van der Waals surface area contributed by atoms with Crippen LogP contribution in [0.2, 0.25) is 0 Å². The minimum atomic E-state index is -0.562. The van der Waals surface area contributed by atoms with Crippen molar-refractivity contribution in [3.8, 4) is 0 Å². The van der Waals surface area contributed by atoms with Crippen molar-refractivity contribution in [1.82, 2.24) is 0 Å². The average Bonchev–Trinajstić information content (AvgIpc) is 2.21. The second kappa shape index (κ2) is 12.9. The van der Waals surface area contributed by atoms with Crippen LogP contribution in [0.5, 0.6) is 0 Å². The molecule has 0 heterocycles. The monoisotopic (exact) mass is 205 g/mol. The van der Waals surface area contributed by atoms with Crippen LogP contribution in [-0.4, -0.2) is 13.2 Å². The van der Waals surface area contributed by atoms with Crippen molar-refractivity contribution in [1.29, 1.82) is 0 Å². The Labute approximate surface area is 89.3 Å². The van der Waals surface area contributed by atoms with E-state index in [2.05, 4.69) is 19.6 Å². The van der Waals surface area contributed by atoms with E-state index in [1.54, 1.807) is 0 Å². The molecule has 1 atom stereocenters. The van der Waals surface area contributed by atoms with Gasteiger partial charge in [0.05, 0.1) is 0 Å². The Morgan fingerprint density at radius 3 is 1.71 bits per heavy atom. The lowest BCUT2D eigenvalue weighted by Gasteiger charge is -2.16. The molecule has 14 heavy (non-hydrogen) atoms. The molecule has 0 aromatic carbocycles. The van der Waals surface area contributed by atoms with Crippen LogP contribution in [-0.2, 0) is 0 Å². The number of alkyl halides is 1. The van der Waals surface area contributed by atoms with E-state index in [9.17, 15) is 4.39 Å². The highest BCUT2D eigenvalue weighted by Crippen LogP contribution is 2.21.